The second-order valence-corrected chi connectivity index (χ2v) is 7.31. The molecule has 0 bridgehead atoms. The minimum absolute atomic E-state index is 0.271. The zero-order chi connectivity index (χ0) is 15.8. The van der Waals surface area contributed by atoms with E-state index in [0.29, 0.717) is 23.7 Å². The molecule has 1 amide bonds. The molecule has 1 aliphatic heterocycles. The van der Waals surface area contributed by atoms with Crippen LogP contribution in [0, 0.1) is 17.8 Å². The maximum absolute atomic E-state index is 12.7. The average Bonchev–Trinajstić information content (AvgIpc) is 3.50. The second-order valence-electron chi connectivity index (χ2n) is 7.31. The van der Waals surface area contributed by atoms with Gasteiger partial charge in [-0.25, -0.2) is 0 Å². The number of ether oxygens (including phenoxy) is 1. The summed E-state index contributed by atoms with van der Waals surface area (Å²) in [5, 5.41) is 3.34. The summed E-state index contributed by atoms with van der Waals surface area (Å²) in [7, 11) is 1.71. The lowest BCUT2D eigenvalue weighted by atomic mass is 9.96. The third-order valence-electron chi connectivity index (χ3n) is 5.52. The third-order valence-corrected chi connectivity index (χ3v) is 5.52. The Labute approximate surface area is 138 Å². The first kappa shape index (κ1) is 14.9. The second kappa shape index (κ2) is 6.06. The fraction of sp³-hybridized carbons (Fsp3) is 0.632. The van der Waals surface area contributed by atoms with E-state index in [4.69, 9.17) is 4.74 Å². The first-order chi connectivity index (χ1) is 11.3. The summed E-state index contributed by atoms with van der Waals surface area (Å²) in [6.07, 6.45) is 6.05. The van der Waals surface area contributed by atoms with Gasteiger partial charge < -0.3 is 15.0 Å². The van der Waals surface area contributed by atoms with E-state index in [1.807, 2.05) is 18.2 Å². The number of benzene rings is 1. The number of hydrogen-bond acceptors (Lipinski definition) is 3. The van der Waals surface area contributed by atoms with Crippen LogP contribution < -0.4 is 15.0 Å². The molecule has 0 radical (unpaired) electrons. The predicted molar refractivity (Wildman–Crippen MR) is 90.7 cm³/mol. The third kappa shape index (κ3) is 3.17. The molecular formula is C19H26N2O2. The number of anilines is 1. The SMILES string of the molecule is COc1ccccc1N1CCC(NC(=O)C(C2CC2)C2CC2)C1. The van der Waals surface area contributed by atoms with Gasteiger partial charge in [-0.3, -0.25) is 4.79 Å². The van der Waals surface area contributed by atoms with Gasteiger partial charge in [-0.05, 0) is 56.1 Å². The van der Waals surface area contributed by atoms with Crippen molar-refractivity contribution < 1.29 is 9.53 Å². The highest BCUT2D eigenvalue weighted by atomic mass is 16.5. The van der Waals surface area contributed by atoms with Crippen LogP contribution in [-0.4, -0.2) is 32.1 Å². The quantitative estimate of drug-likeness (QED) is 0.878. The average molecular weight is 314 g/mol. The topological polar surface area (TPSA) is 41.6 Å². The molecule has 1 saturated heterocycles. The molecule has 1 heterocycles. The van der Waals surface area contributed by atoms with E-state index in [-0.39, 0.29) is 6.04 Å². The molecule has 4 rings (SSSR count). The van der Waals surface area contributed by atoms with E-state index in [0.717, 1.165) is 30.9 Å². The Bertz CT molecular complexity index is 568. The van der Waals surface area contributed by atoms with Crippen molar-refractivity contribution in [3.63, 3.8) is 0 Å². The van der Waals surface area contributed by atoms with Crippen molar-refractivity contribution in [3.8, 4) is 5.75 Å². The van der Waals surface area contributed by atoms with Gasteiger partial charge in [0, 0.05) is 25.0 Å². The summed E-state index contributed by atoms with van der Waals surface area (Å²) in [5.74, 6) is 2.88. The summed E-state index contributed by atoms with van der Waals surface area (Å²) in [6, 6.07) is 8.40. The van der Waals surface area contributed by atoms with Gasteiger partial charge in [-0.15, -0.1) is 0 Å². The van der Waals surface area contributed by atoms with Gasteiger partial charge in [0.1, 0.15) is 5.75 Å². The predicted octanol–water partition coefficient (Wildman–Crippen LogP) is 2.83. The normalized spacial score (nSPS) is 24.1. The van der Waals surface area contributed by atoms with Gasteiger partial charge in [0.2, 0.25) is 5.91 Å². The zero-order valence-corrected chi connectivity index (χ0v) is 13.8. The minimum Gasteiger partial charge on any atom is -0.495 e. The van der Waals surface area contributed by atoms with Crippen molar-refractivity contribution >= 4 is 11.6 Å². The highest BCUT2D eigenvalue weighted by Crippen LogP contribution is 2.49. The Balaban J connectivity index is 1.37. The van der Waals surface area contributed by atoms with Crippen molar-refractivity contribution in [1.29, 1.82) is 0 Å². The van der Waals surface area contributed by atoms with Crippen LogP contribution >= 0.6 is 0 Å². The van der Waals surface area contributed by atoms with E-state index in [1.165, 1.54) is 25.7 Å². The smallest absolute Gasteiger partial charge is 0.223 e. The van der Waals surface area contributed by atoms with Gasteiger partial charge in [0.25, 0.3) is 0 Å². The van der Waals surface area contributed by atoms with Crippen molar-refractivity contribution in [2.45, 2.75) is 38.1 Å². The fourth-order valence-electron chi connectivity index (χ4n) is 4.01. The highest BCUT2D eigenvalue weighted by molar-refractivity contribution is 5.80. The Hall–Kier alpha value is -1.71. The van der Waals surface area contributed by atoms with Crippen LogP contribution in [0.5, 0.6) is 5.75 Å². The van der Waals surface area contributed by atoms with Gasteiger partial charge in [-0.2, -0.15) is 0 Å². The summed E-state index contributed by atoms with van der Waals surface area (Å²) in [5.41, 5.74) is 1.13. The van der Waals surface area contributed by atoms with Gasteiger partial charge in [0.05, 0.1) is 12.8 Å². The number of rotatable bonds is 6. The van der Waals surface area contributed by atoms with Crippen LogP contribution in [0.3, 0.4) is 0 Å². The maximum atomic E-state index is 12.7. The molecule has 4 heteroatoms. The van der Waals surface area contributed by atoms with E-state index in [2.05, 4.69) is 16.3 Å². The van der Waals surface area contributed by atoms with E-state index >= 15 is 0 Å². The van der Waals surface area contributed by atoms with Crippen molar-refractivity contribution in [3.05, 3.63) is 24.3 Å². The van der Waals surface area contributed by atoms with E-state index in [9.17, 15) is 4.79 Å². The lowest BCUT2D eigenvalue weighted by Crippen LogP contribution is -2.41. The first-order valence-electron chi connectivity index (χ1n) is 8.94. The zero-order valence-electron chi connectivity index (χ0n) is 13.8. The Morgan fingerprint density at radius 1 is 1.17 bits per heavy atom. The molecule has 2 saturated carbocycles. The van der Waals surface area contributed by atoms with Crippen LogP contribution in [0.25, 0.3) is 0 Å². The highest BCUT2D eigenvalue weighted by Gasteiger charge is 2.46. The molecule has 1 unspecified atom stereocenters. The van der Waals surface area contributed by atoms with E-state index in [1.54, 1.807) is 7.11 Å². The molecule has 4 nitrogen and oxygen atoms in total. The number of nitrogens with one attached hydrogen (secondary N) is 1. The Kier molecular flexibility index (Phi) is 3.92. The molecule has 2 aliphatic carbocycles. The van der Waals surface area contributed by atoms with Crippen molar-refractivity contribution in [1.82, 2.24) is 5.32 Å². The monoisotopic (exact) mass is 314 g/mol. The van der Waals surface area contributed by atoms with Crippen molar-refractivity contribution in [2.24, 2.45) is 17.8 Å². The van der Waals surface area contributed by atoms with E-state index < -0.39 is 0 Å². The number of methoxy groups -OCH3 is 1. The molecular weight excluding hydrogens is 288 g/mol. The fourth-order valence-corrected chi connectivity index (χ4v) is 4.01. The minimum atomic E-state index is 0.271. The van der Waals surface area contributed by atoms with Crippen LogP contribution in [0.4, 0.5) is 5.69 Å². The lowest BCUT2D eigenvalue weighted by Gasteiger charge is -2.22. The van der Waals surface area contributed by atoms with Crippen LogP contribution in [0.1, 0.15) is 32.1 Å². The number of carbonyl (C=O) groups is 1. The van der Waals surface area contributed by atoms with Crippen LogP contribution in [0.15, 0.2) is 24.3 Å². The molecule has 0 aromatic heterocycles. The first-order valence-corrected chi connectivity index (χ1v) is 8.94. The molecule has 23 heavy (non-hydrogen) atoms. The summed E-state index contributed by atoms with van der Waals surface area (Å²) in [6.45, 7) is 1.86. The standard InChI is InChI=1S/C19H26N2O2/c1-23-17-5-3-2-4-16(17)21-11-10-15(12-21)20-19(22)18(13-6-7-13)14-8-9-14/h2-5,13-15,18H,6-12H2,1H3,(H,20,22). The lowest BCUT2D eigenvalue weighted by molar-refractivity contribution is -0.126. The molecule has 1 atom stereocenters. The van der Waals surface area contributed by atoms with Crippen LogP contribution in [0.2, 0.25) is 0 Å². The summed E-state index contributed by atoms with van der Waals surface area (Å²) in [4.78, 5) is 15.0. The number of hydrogen-bond donors (Lipinski definition) is 1. The number of carbonyl (C=O) groups excluding carboxylic acids is 1. The summed E-state index contributed by atoms with van der Waals surface area (Å²) >= 11 is 0. The van der Waals surface area contributed by atoms with Gasteiger partial charge >= 0.3 is 0 Å². The maximum Gasteiger partial charge on any atom is 0.223 e. The number of nitrogens with zero attached hydrogens (tertiary/aromatic N) is 1. The molecule has 3 fully saturated rings. The Morgan fingerprint density at radius 2 is 1.87 bits per heavy atom. The van der Waals surface area contributed by atoms with Gasteiger partial charge in [0.15, 0.2) is 0 Å². The molecule has 1 aromatic carbocycles. The number of para-hydroxylation sites is 2. The largest absolute Gasteiger partial charge is 0.495 e. The molecule has 124 valence electrons. The van der Waals surface area contributed by atoms with Gasteiger partial charge in [-0.1, -0.05) is 12.1 Å². The summed E-state index contributed by atoms with van der Waals surface area (Å²) < 4.78 is 5.46. The van der Waals surface area contributed by atoms with Crippen LogP contribution in [-0.2, 0) is 4.79 Å². The molecule has 1 aromatic rings. The number of amides is 1. The molecule has 0 spiro atoms. The molecule has 1 N–H and O–H groups in total. The Morgan fingerprint density at radius 3 is 2.52 bits per heavy atom. The van der Waals surface area contributed by atoms with Crippen molar-refractivity contribution in [2.75, 3.05) is 25.1 Å². The molecule has 3 aliphatic rings.